The van der Waals surface area contributed by atoms with Gasteiger partial charge in [0.05, 0.1) is 6.21 Å². The average molecular weight is 275 g/mol. The summed E-state index contributed by atoms with van der Waals surface area (Å²) in [4.78, 5) is 16.1. The molecule has 2 aromatic carbocycles. The molecule has 1 N–H and O–H groups in total. The van der Waals surface area contributed by atoms with E-state index in [1.54, 1.807) is 24.3 Å². The maximum Gasteiger partial charge on any atom is 0.437 e. The van der Waals surface area contributed by atoms with Gasteiger partial charge in [-0.25, -0.2) is 4.79 Å². The van der Waals surface area contributed by atoms with Crippen LogP contribution in [0.4, 0.5) is 10.5 Å². The smallest absolute Gasteiger partial charge is 0.298 e. The third-order valence-electron chi connectivity index (χ3n) is 2.25. The molecule has 1 amide bonds. The van der Waals surface area contributed by atoms with E-state index < -0.39 is 6.09 Å². The van der Waals surface area contributed by atoms with Crippen molar-refractivity contribution in [2.75, 3.05) is 5.32 Å². The number of hydrogen-bond acceptors (Lipinski definition) is 3. The van der Waals surface area contributed by atoms with E-state index in [1.165, 1.54) is 6.21 Å². The minimum atomic E-state index is -0.658. The van der Waals surface area contributed by atoms with Crippen molar-refractivity contribution >= 4 is 29.6 Å². The minimum absolute atomic E-state index is 0.540. The number of halogens is 1. The number of rotatable bonds is 3. The van der Waals surface area contributed by atoms with Crippen LogP contribution in [0, 0.1) is 0 Å². The summed E-state index contributed by atoms with van der Waals surface area (Å²) in [6, 6.07) is 16.1. The van der Waals surface area contributed by atoms with E-state index in [0.717, 1.165) is 0 Å². The van der Waals surface area contributed by atoms with Crippen LogP contribution in [0.5, 0.6) is 0 Å². The molecule has 0 heterocycles. The summed E-state index contributed by atoms with van der Waals surface area (Å²) in [6.45, 7) is 0. The Morgan fingerprint density at radius 3 is 2.53 bits per heavy atom. The highest BCUT2D eigenvalue weighted by atomic mass is 35.5. The first-order chi connectivity index (χ1) is 9.25. The van der Waals surface area contributed by atoms with E-state index in [4.69, 9.17) is 11.6 Å². The predicted octanol–water partition coefficient (Wildman–Crippen LogP) is 3.92. The molecule has 0 radical (unpaired) electrons. The van der Waals surface area contributed by atoms with Crippen molar-refractivity contribution in [2.24, 2.45) is 5.16 Å². The van der Waals surface area contributed by atoms with Gasteiger partial charge in [-0.15, -0.1) is 0 Å². The second kappa shape index (κ2) is 6.56. The van der Waals surface area contributed by atoms with Crippen LogP contribution in [0.15, 0.2) is 59.8 Å². The quantitative estimate of drug-likeness (QED) is 0.524. The predicted molar refractivity (Wildman–Crippen MR) is 75.6 cm³/mol. The Kier molecular flexibility index (Phi) is 4.53. The summed E-state index contributed by atoms with van der Waals surface area (Å²) in [6.07, 6.45) is 0.724. The second-order valence-electron chi connectivity index (χ2n) is 3.63. The number of anilines is 1. The molecular formula is C14H11ClN2O2. The number of carbonyl (C=O) groups is 1. The van der Waals surface area contributed by atoms with Gasteiger partial charge in [-0.1, -0.05) is 53.2 Å². The fourth-order valence-electron chi connectivity index (χ4n) is 1.37. The van der Waals surface area contributed by atoms with Crippen molar-refractivity contribution in [3.05, 3.63) is 65.2 Å². The van der Waals surface area contributed by atoms with Gasteiger partial charge in [-0.3, -0.25) is 10.2 Å². The normalized spacial score (nSPS) is 10.4. The van der Waals surface area contributed by atoms with E-state index >= 15 is 0 Å². The zero-order chi connectivity index (χ0) is 13.5. The van der Waals surface area contributed by atoms with Gasteiger partial charge in [-0.05, 0) is 18.2 Å². The molecule has 0 aliphatic carbocycles. The van der Waals surface area contributed by atoms with Crippen molar-refractivity contribution < 1.29 is 9.63 Å². The Bertz CT molecular complexity index is 585. The van der Waals surface area contributed by atoms with Crippen molar-refractivity contribution in [3.8, 4) is 0 Å². The van der Waals surface area contributed by atoms with Crippen molar-refractivity contribution in [1.82, 2.24) is 0 Å². The number of oxime groups is 1. The van der Waals surface area contributed by atoms with Crippen LogP contribution in [0.2, 0.25) is 5.02 Å². The maximum atomic E-state index is 11.4. The van der Waals surface area contributed by atoms with Crippen LogP contribution in [0.1, 0.15) is 5.56 Å². The maximum absolute atomic E-state index is 11.4. The lowest BCUT2D eigenvalue weighted by atomic mass is 10.2. The molecule has 96 valence electrons. The highest BCUT2D eigenvalue weighted by Crippen LogP contribution is 2.12. The van der Waals surface area contributed by atoms with Crippen molar-refractivity contribution in [1.29, 1.82) is 0 Å². The topological polar surface area (TPSA) is 50.7 Å². The Balaban J connectivity index is 1.89. The molecule has 0 aromatic heterocycles. The molecule has 2 rings (SSSR count). The Hall–Kier alpha value is -2.33. The van der Waals surface area contributed by atoms with Crippen LogP contribution in [-0.2, 0) is 4.84 Å². The highest BCUT2D eigenvalue weighted by molar-refractivity contribution is 6.33. The lowest BCUT2D eigenvalue weighted by Gasteiger charge is -2.01. The molecule has 0 fully saturated rings. The third-order valence-corrected chi connectivity index (χ3v) is 2.60. The fourth-order valence-corrected chi connectivity index (χ4v) is 1.56. The average Bonchev–Trinajstić information content (AvgIpc) is 2.42. The van der Waals surface area contributed by atoms with Gasteiger partial charge in [0.25, 0.3) is 0 Å². The van der Waals surface area contributed by atoms with E-state index in [2.05, 4.69) is 15.3 Å². The molecule has 0 saturated heterocycles. The number of carbonyl (C=O) groups excluding carboxylic acids is 1. The molecule has 2 aromatic rings. The van der Waals surface area contributed by atoms with Crippen LogP contribution in [0.3, 0.4) is 0 Å². The monoisotopic (exact) mass is 274 g/mol. The summed E-state index contributed by atoms with van der Waals surface area (Å²) >= 11 is 5.92. The number of nitrogens with zero attached hydrogens (tertiary/aromatic N) is 1. The third kappa shape index (κ3) is 4.12. The van der Waals surface area contributed by atoms with Crippen LogP contribution >= 0.6 is 11.6 Å². The largest absolute Gasteiger partial charge is 0.437 e. The first-order valence-corrected chi connectivity index (χ1v) is 5.94. The number of benzene rings is 2. The molecule has 0 aliphatic rings. The van der Waals surface area contributed by atoms with Gasteiger partial charge in [-0.2, -0.15) is 0 Å². The Morgan fingerprint density at radius 2 is 1.79 bits per heavy atom. The Labute approximate surface area is 115 Å². The van der Waals surface area contributed by atoms with Crippen LogP contribution < -0.4 is 5.32 Å². The van der Waals surface area contributed by atoms with Gasteiger partial charge < -0.3 is 0 Å². The molecule has 0 saturated carbocycles. The Morgan fingerprint density at radius 1 is 1.11 bits per heavy atom. The summed E-state index contributed by atoms with van der Waals surface area (Å²) in [5, 5.41) is 6.65. The van der Waals surface area contributed by atoms with Gasteiger partial charge >= 0.3 is 6.09 Å². The summed E-state index contributed by atoms with van der Waals surface area (Å²) in [5.41, 5.74) is 1.32. The molecule has 19 heavy (non-hydrogen) atoms. The summed E-state index contributed by atoms with van der Waals surface area (Å²) in [7, 11) is 0. The molecule has 0 spiro atoms. The van der Waals surface area contributed by atoms with Crippen molar-refractivity contribution in [2.45, 2.75) is 0 Å². The second-order valence-corrected chi connectivity index (χ2v) is 4.03. The standard InChI is InChI=1S/C14H11ClN2O2/c15-13-9-5-4-6-11(13)10-16-19-14(18)17-12-7-2-1-3-8-12/h1-10H,(H,17,18)/b16-10+. The minimum Gasteiger partial charge on any atom is -0.298 e. The zero-order valence-electron chi connectivity index (χ0n) is 9.92. The number of amides is 1. The first-order valence-electron chi connectivity index (χ1n) is 5.56. The van der Waals surface area contributed by atoms with Gasteiger partial charge in [0.2, 0.25) is 0 Å². The zero-order valence-corrected chi connectivity index (χ0v) is 10.7. The molecule has 0 aliphatic heterocycles. The molecule has 4 nitrogen and oxygen atoms in total. The van der Waals surface area contributed by atoms with Gasteiger partial charge in [0, 0.05) is 16.3 Å². The SMILES string of the molecule is O=C(Nc1ccccc1)O/N=C/c1ccccc1Cl. The highest BCUT2D eigenvalue weighted by Gasteiger charge is 2.01. The van der Waals surface area contributed by atoms with Crippen LogP contribution in [0.25, 0.3) is 0 Å². The fraction of sp³-hybridized carbons (Fsp3) is 0. The lowest BCUT2D eigenvalue weighted by molar-refractivity contribution is 0.167. The van der Waals surface area contributed by atoms with Gasteiger partial charge in [0.1, 0.15) is 0 Å². The van der Waals surface area contributed by atoms with E-state index in [-0.39, 0.29) is 0 Å². The number of nitrogens with one attached hydrogen (secondary N) is 1. The number of hydrogen-bond donors (Lipinski definition) is 1. The molecule has 0 atom stereocenters. The van der Waals surface area contributed by atoms with E-state index in [0.29, 0.717) is 16.3 Å². The summed E-state index contributed by atoms with van der Waals surface area (Å²) < 4.78 is 0. The van der Waals surface area contributed by atoms with E-state index in [9.17, 15) is 4.79 Å². The molecule has 5 heteroatoms. The molecule has 0 bridgehead atoms. The number of para-hydroxylation sites is 1. The lowest BCUT2D eigenvalue weighted by Crippen LogP contribution is -2.10. The van der Waals surface area contributed by atoms with Crippen molar-refractivity contribution in [3.63, 3.8) is 0 Å². The summed E-state index contributed by atoms with van der Waals surface area (Å²) in [5.74, 6) is 0. The van der Waals surface area contributed by atoms with Gasteiger partial charge in [0.15, 0.2) is 0 Å². The molecule has 0 unspecified atom stereocenters. The van der Waals surface area contributed by atoms with E-state index in [1.807, 2.05) is 30.3 Å². The first kappa shape index (κ1) is 13.1. The molecular weight excluding hydrogens is 264 g/mol. The van der Waals surface area contributed by atoms with Crippen LogP contribution in [-0.4, -0.2) is 12.3 Å².